The van der Waals surface area contributed by atoms with Crippen molar-refractivity contribution in [2.24, 2.45) is 0 Å². The van der Waals surface area contributed by atoms with Crippen LogP contribution in [0.3, 0.4) is 0 Å². The molecule has 0 radical (unpaired) electrons. The Hall–Kier alpha value is -2.95. The lowest BCUT2D eigenvalue weighted by atomic mass is 10.1. The molecule has 5 nitrogen and oxygen atoms in total. The second-order valence-electron chi connectivity index (χ2n) is 5.78. The minimum absolute atomic E-state index is 0.0838. The molecule has 5 heteroatoms. The zero-order valence-corrected chi connectivity index (χ0v) is 13.8. The Balaban J connectivity index is 1.64. The van der Waals surface area contributed by atoms with Gasteiger partial charge in [-0.1, -0.05) is 18.2 Å². The van der Waals surface area contributed by atoms with Crippen molar-refractivity contribution in [1.29, 1.82) is 0 Å². The third-order valence-corrected chi connectivity index (χ3v) is 4.02. The molecule has 1 amide bonds. The highest BCUT2D eigenvalue weighted by atomic mass is 16.1. The van der Waals surface area contributed by atoms with Gasteiger partial charge in [0.2, 0.25) is 0 Å². The average Bonchev–Trinajstić information content (AvgIpc) is 3.01. The molecule has 3 rings (SSSR count). The van der Waals surface area contributed by atoms with E-state index < -0.39 is 0 Å². The first-order valence-electron chi connectivity index (χ1n) is 7.91. The SMILES string of the molecule is Cc1nccn1Cc1ccc(C(=O)NC(C)c2cccnc2)cc1. The summed E-state index contributed by atoms with van der Waals surface area (Å²) < 4.78 is 2.07. The molecule has 1 atom stereocenters. The Bertz CT molecular complexity index is 809. The number of aryl methyl sites for hydroxylation is 1. The zero-order valence-electron chi connectivity index (χ0n) is 13.8. The van der Waals surface area contributed by atoms with E-state index in [1.54, 1.807) is 18.6 Å². The summed E-state index contributed by atoms with van der Waals surface area (Å²) in [5.41, 5.74) is 2.77. The van der Waals surface area contributed by atoms with Gasteiger partial charge >= 0.3 is 0 Å². The van der Waals surface area contributed by atoms with Crippen LogP contribution in [0.5, 0.6) is 0 Å². The molecule has 1 aromatic carbocycles. The highest BCUT2D eigenvalue weighted by Crippen LogP contribution is 2.12. The summed E-state index contributed by atoms with van der Waals surface area (Å²) in [5.74, 6) is 0.888. The van der Waals surface area contributed by atoms with E-state index >= 15 is 0 Å². The number of hydrogen-bond acceptors (Lipinski definition) is 3. The minimum Gasteiger partial charge on any atom is -0.345 e. The van der Waals surface area contributed by atoms with Crippen LogP contribution in [0.2, 0.25) is 0 Å². The Morgan fingerprint density at radius 3 is 2.62 bits per heavy atom. The molecule has 0 saturated heterocycles. The van der Waals surface area contributed by atoms with Crippen LogP contribution >= 0.6 is 0 Å². The Kier molecular flexibility index (Phi) is 4.70. The number of amides is 1. The van der Waals surface area contributed by atoms with Crippen molar-refractivity contribution in [2.75, 3.05) is 0 Å². The van der Waals surface area contributed by atoms with E-state index in [1.165, 1.54) is 0 Å². The molecule has 0 spiro atoms. The van der Waals surface area contributed by atoms with E-state index in [2.05, 4.69) is 19.9 Å². The largest absolute Gasteiger partial charge is 0.345 e. The predicted molar refractivity (Wildman–Crippen MR) is 92.6 cm³/mol. The molecule has 1 unspecified atom stereocenters. The quantitative estimate of drug-likeness (QED) is 0.786. The first-order valence-corrected chi connectivity index (χ1v) is 7.91. The number of pyridine rings is 1. The molecular weight excluding hydrogens is 300 g/mol. The first-order chi connectivity index (χ1) is 11.6. The van der Waals surface area contributed by atoms with Crippen LogP contribution in [0.4, 0.5) is 0 Å². The summed E-state index contributed by atoms with van der Waals surface area (Å²) in [6.45, 7) is 4.67. The lowest BCUT2D eigenvalue weighted by molar-refractivity contribution is 0.0940. The van der Waals surface area contributed by atoms with Gasteiger partial charge in [0.25, 0.3) is 5.91 Å². The van der Waals surface area contributed by atoms with Crippen LogP contribution in [-0.4, -0.2) is 20.4 Å². The summed E-state index contributed by atoms with van der Waals surface area (Å²) in [7, 11) is 0. The maximum absolute atomic E-state index is 12.4. The van der Waals surface area contributed by atoms with Crippen LogP contribution in [0.15, 0.2) is 61.2 Å². The number of rotatable bonds is 5. The molecule has 2 heterocycles. The van der Waals surface area contributed by atoms with Crippen LogP contribution < -0.4 is 5.32 Å². The fraction of sp³-hybridized carbons (Fsp3) is 0.211. The Morgan fingerprint density at radius 2 is 2.00 bits per heavy atom. The van der Waals surface area contributed by atoms with Gasteiger partial charge in [0.1, 0.15) is 5.82 Å². The zero-order chi connectivity index (χ0) is 16.9. The van der Waals surface area contributed by atoms with Gasteiger partial charge in [0.15, 0.2) is 0 Å². The maximum atomic E-state index is 12.4. The number of carbonyl (C=O) groups is 1. The molecule has 1 N–H and O–H groups in total. The van der Waals surface area contributed by atoms with E-state index in [-0.39, 0.29) is 11.9 Å². The lowest BCUT2D eigenvalue weighted by Gasteiger charge is -2.14. The second kappa shape index (κ2) is 7.08. The van der Waals surface area contributed by atoms with E-state index in [9.17, 15) is 4.79 Å². The third-order valence-electron chi connectivity index (χ3n) is 4.02. The molecule has 0 aliphatic carbocycles. The number of benzene rings is 1. The average molecular weight is 320 g/mol. The van der Waals surface area contributed by atoms with E-state index in [0.717, 1.165) is 23.5 Å². The fourth-order valence-electron chi connectivity index (χ4n) is 2.52. The highest BCUT2D eigenvalue weighted by Gasteiger charge is 2.11. The monoisotopic (exact) mass is 320 g/mol. The number of nitrogens with one attached hydrogen (secondary N) is 1. The molecule has 0 aliphatic rings. The standard InChI is InChI=1S/C19H20N4O/c1-14(18-4-3-9-20-12-18)22-19(24)17-7-5-16(6-8-17)13-23-11-10-21-15(23)2/h3-12,14H,13H2,1-2H3,(H,22,24). The van der Waals surface area contributed by atoms with Crippen LogP contribution in [0, 0.1) is 6.92 Å². The van der Waals surface area contributed by atoms with Crippen molar-refractivity contribution in [3.8, 4) is 0 Å². The minimum atomic E-state index is -0.0864. The van der Waals surface area contributed by atoms with Crippen molar-refractivity contribution in [2.45, 2.75) is 26.4 Å². The Labute approximate surface area is 141 Å². The summed E-state index contributed by atoms with van der Waals surface area (Å²) in [5, 5.41) is 2.99. The Morgan fingerprint density at radius 1 is 1.21 bits per heavy atom. The molecule has 2 aromatic heterocycles. The molecule has 24 heavy (non-hydrogen) atoms. The summed E-state index contributed by atoms with van der Waals surface area (Å²) in [6.07, 6.45) is 7.22. The van der Waals surface area contributed by atoms with Crippen molar-refractivity contribution >= 4 is 5.91 Å². The maximum Gasteiger partial charge on any atom is 0.251 e. The normalized spacial score (nSPS) is 11.9. The van der Waals surface area contributed by atoms with Gasteiger partial charge in [-0.15, -0.1) is 0 Å². The van der Waals surface area contributed by atoms with Gasteiger partial charge in [-0.2, -0.15) is 0 Å². The van der Waals surface area contributed by atoms with Gasteiger partial charge in [-0.25, -0.2) is 4.98 Å². The molecule has 122 valence electrons. The summed E-state index contributed by atoms with van der Waals surface area (Å²) >= 11 is 0. The molecule has 0 aliphatic heterocycles. The topological polar surface area (TPSA) is 59.8 Å². The van der Waals surface area contributed by atoms with Crippen molar-refractivity contribution in [3.05, 3.63) is 83.7 Å². The fourth-order valence-corrected chi connectivity index (χ4v) is 2.52. The lowest BCUT2D eigenvalue weighted by Crippen LogP contribution is -2.26. The van der Waals surface area contributed by atoms with Gasteiger partial charge < -0.3 is 9.88 Å². The van der Waals surface area contributed by atoms with Gasteiger partial charge in [0, 0.05) is 36.9 Å². The van der Waals surface area contributed by atoms with E-state index in [4.69, 9.17) is 0 Å². The number of aromatic nitrogens is 3. The molecule has 3 aromatic rings. The van der Waals surface area contributed by atoms with E-state index in [0.29, 0.717) is 5.56 Å². The molecule has 0 fully saturated rings. The second-order valence-corrected chi connectivity index (χ2v) is 5.78. The van der Waals surface area contributed by atoms with E-state index in [1.807, 2.05) is 56.4 Å². The highest BCUT2D eigenvalue weighted by molar-refractivity contribution is 5.94. The van der Waals surface area contributed by atoms with Gasteiger partial charge in [-0.05, 0) is 43.2 Å². The summed E-state index contributed by atoms with van der Waals surface area (Å²) in [4.78, 5) is 20.7. The molecular formula is C19H20N4O. The van der Waals surface area contributed by atoms with Crippen molar-refractivity contribution in [3.63, 3.8) is 0 Å². The number of carbonyl (C=O) groups excluding carboxylic acids is 1. The molecule has 0 saturated carbocycles. The smallest absolute Gasteiger partial charge is 0.251 e. The van der Waals surface area contributed by atoms with Crippen LogP contribution in [-0.2, 0) is 6.54 Å². The van der Waals surface area contributed by atoms with Crippen LogP contribution in [0.1, 0.15) is 40.3 Å². The first kappa shape index (κ1) is 15.9. The molecule has 0 bridgehead atoms. The number of nitrogens with zero attached hydrogens (tertiary/aromatic N) is 3. The van der Waals surface area contributed by atoms with Crippen molar-refractivity contribution < 1.29 is 4.79 Å². The van der Waals surface area contributed by atoms with Crippen molar-refractivity contribution in [1.82, 2.24) is 19.9 Å². The summed E-state index contributed by atoms with van der Waals surface area (Å²) in [6, 6.07) is 11.4. The van der Waals surface area contributed by atoms with Crippen LogP contribution in [0.25, 0.3) is 0 Å². The number of hydrogen-bond donors (Lipinski definition) is 1. The van der Waals surface area contributed by atoms with Gasteiger partial charge in [0.05, 0.1) is 6.04 Å². The predicted octanol–water partition coefficient (Wildman–Crippen LogP) is 3.13. The third kappa shape index (κ3) is 3.68. The van der Waals surface area contributed by atoms with Gasteiger partial charge in [-0.3, -0.25) is 9.78 Å². The number of imidazole rings is 1.